The number of methoxy groups -OCH3 is 1. The smallest absolute Gasteiger partial charge is 0.151 e. The molecule has 0 radical (unpaired) electrons. The SMILES string of the molecule is COc1ccc(-c2ccc(N3CCC(N)CC3)nn2)cc1. The molecule has 2 heterocycles. The highest BCUT2D eigenvalue weighted by Gasteiger charge is 2.17. The van der Waals surface area contributed by atoms with Gasteiger partial charge in [-0.2, -0.15) is 0 Å². The number of aromatic nitrogens is 2. The summed E-state index contributed by atoms with van der Waals surface area (Å²) in [6.07, 6.45) is 2.03. The second-order valence-corrected chi connectivity index (χ2v) is 5.33. The van der Waals surface area contributed by atoms with Gasteiger partial charge in [-0.1, -0.05) is 0 Å². The third-order valence-electron chi connectivity index (χ3n) is 3.90. The van der Waals surface area contributed by atoms with E-state index in [9.17, 15) is 0 Å². The molecule has 110 valence electrons. The van der Waals surface area contributed by atoms with Crippen LogP contribution in [0.1, 0.15) is 12.8 Å². The van der Waals surface area contributed by atoms with Crippen LogP contribution < -0.4 is 15.4 Å². The van der Waals surface area contributed by atoms with Crippen molar-refractivity contribution >= 4 is 5.82 Å². The molecular formula is C16H20N4O. The Kier molecular flexibility index (Phi) is 4.01. The first kappa shape index (κ1) is 13.8. The Morgan fingerprint density at radius 3 is 2.33 bits per heavy atom. The van der Waals surface area contributed by atoms with E-state index >= 15 is 0 Å². The van der Waals surface area contributed by atoms with Gasteiger partial charge in [0.2, 0.25) is 0 Å². The van der Waals surface area contributed by atoms with Gasteiger partial charge < -0.3 is 15.4 Å². The van der Waals surface area contributed by atoms with Gasteiger partial charge in [0.1, 0.15) is 5.75 Å². The minimum atomic E-state index is 0.327. The van der Waals surface area contributed by atoms with Gasteiger partial charge in [-0.15, -0.1) is 10.2 Å². The molecule has 3 rings (SSSR count). The first-order valence-corrected chi connectivity index (χ1v) is 7.25. The molecule has 0 atom stereocenters. The number of benzene rings is 1. The molecule has 1 aliphatic heterocycles. The number of rotatable bonds is 3. The van der Waals surface area contributed by atoms with Gasteiger partial charge in [0.15, 0.2) is 5.82 Å². The van der Waals surface area contributed by atoms with E-state index in [-0.39, 0.29) is 0 Å². The standard InChI is InChI=1S/C16H20N4O/c1-21-14-4-2-12(3-5-14)15-6-7-16(19-18-15)20-10-8-13(17)9-11-20/h2-7,13H,8-11,17H2,1H3. The van der Waals surface area contributed by atoms with Crippen molar-refractivity contribution in [3.63, 3.8) is 0 Å². The van der Waals surface area contributed by atoms with Crippen LogP contribution in [0.15, 0.2) is 36.4 Å². The average molecular weight is 284 g/mol. The molecule has 1 fully saturated rings. The van der Waals surface area contributed by atoms with E-state index in [1.54, 1.807) is 7.11 Å². The summed E-state index contributed by atoms with van der Waals surface area (Å²) in [6, 6.07) is 12.2. The van der Waals surface area contributed by atoms with E-state index in [4.69, 9.17) is 10.5 Å². The van der Waals surface area contributed by atoms with Gasteiger partial charge in [-0.05, 0) is 49.2 Å². The highest BCUT2D eigenvalue weighted by atomic mass is 16.5. The molecule has 0 aliphatic carbocycles. The second-order valence-electron chi connectivity index (χ2n) is 5.33. The van der Waals surface area contributed by atoms with Crippen LogP contribution in [0, 0.1) is 0 Å². The van der Waals surface area contributed by atoms with Crippen molar-refractivity contribution in [3.05, 3.63) is 36.4 Å². The lowest BCUT2D eigenvalue weighted by Gasteiger charge is -2.30. The predicted molar refractivity (Wildman–Crippen MR) is 83.4 cm³/mol. The number of hydrogen-bond donors (Lipinski definition) is 1. The van der Waals surface area contributed by atoms with Crippen molar-refractivity contribution in [1.29, 1.82) is 0 Å². The summed E-state index contributed by atoms with van der Waals surface area (Å²) in [5.74, 6) is 1.77. The van der Waals surface area contributed by atoms with Crippen LogP contribution in [0.5, 0.6) is 5.75 Å². The Labute approximate surface area is 124 Å². The molecule has 1 aliphatic rings. The van der Waals surface area contributed by atoms with E-state index in [0.29, 0.717) is 6.04 Å². The minimum absolute atomic E-state index is 0.327. The zero-order valence-electron chi connectivity index (χ0n) is 12.2. The summed E-state index contributed by atoms with van der Waals surface area (Å²) in [7, 11) is 1.66. The zero-order chi connectivity index (χ0) is 14.7. The molecule has 0 saturated carbocycles. The molecule has 2 aromatic rings. The molecule has 1 aromatic carbocycles. The number of anilines is 1. The van der Waals surface area contributed by atoms with Crippen LogP contribution in [0.2, 0.25) is 0 Å². The minimum Gasteiger partial charge on any atom is -0.497 e. The number of nitrogens with zero attached hydrogens (tertiary/aromatic N) is 3. The molecule has 0 amide bonds. The Morgan fingerprint density at radius 1 is 1.05 bits per heavy atom. The molecule has 1 aromatic heterocycles. The monoisotopic (exact) mass is 284 g/mol. The van der Waals surface area contributed by atoms with Crippen LogP contribution in [0.4, 0.5) is 5.82 Å². The van der Waals surface area contributed by atoms with E-state index in [1.165, 1.54) is 0 Å². The van der Waals surface area contributed by atoms with Crippen LogP contribution >= 0.6 is 0 Å². The molecule has 0 bridgehead atoms. The lowest BCUT2D eigenvalue weighted by Crippen LogP contribution is -2.40. The Morgan fingerprint density at radius 2 is 1.76 bits per heavy atom. The largest absolute Gasteiger partial charge is 0.497 e. The summed E-state index contributed by atoms with van der Waals surface area (Å²) in [6.45, 7) is 1.91. The fourth-order valence-corrected chi connectivity index (χ4v) is 2.54. The topological polar surface area (TPSA) is 64.3 Å². The summed E-state index contributed by atoms with van der Waals surface area (Å²) in [5, 5.41) is 8.69. The van der Waals surface area contributed by atoms with Crippen LogP contribution in [-0.2, 0) is 0 Å². The highest BCUT2D eigenvalue weighted by molar-refractivity contribution is 5.60. The normalized spacial score (nSPS) is 16.0. The second kappa shape index (κ2) is 6.10. The number of ether oxygens (including phenoxy) is 1. The molecule has 21 heavy (non-hydrogen) atoms. The first-order valence-electron chi connectivity index (χ1n) is 7.25. The van der Waals surface area contributed by atoms with Gasteiger partial charge in [0, 0.05) is 24.7 Å². The summed E-state index contributed by atoms with van der Waals surface area (Å²) < 4.78 is 5.16. The van der Waals surface area contributed by atoms with Crippen molar-refractivity contribution in [2.45, 2.75) is 18.9 Å². The molecule has 0 spiro atoms. The fourth-order valence-electron chi connectivity index (χ4n) is 2.54. The highest BCUT2D eigenvalue weighted by Crippen LogP contribution is 2.22. The van der Waals surface area contributed by atoms with E-state index in [1.807, 2.05) is 36.4 Å². The van der Waals surface area contributed by atoms with Crippen molar-refractivity contribution in [3.8, 4) is 17.0 Å². The van der Waals surface area contributed by atoms with Crippen LogP contribution in [-0.4, -0.2) is 36.4 Å². The number of piperidine rings is 1. The van der Waals surface area contributed by atoms with E-state index in [0.717, 1.165) is 48.8 Å². The molecule has 1 saturated heterocycles. The van der Waals surface area contributed by atoms with Crippen molar-refractivity contribution in [2.75, 3.05) is 25.1 Å². The lowest BCUT2D eigenvalue weighted by molar-refractivity contribution is 0.415. The Bertz CT molecular complexity index is 574. The summed E-state index contributed by atoms with van der Waals surface area (Å²) in [5.41, 5.74) is 7.83. The van der Waals surface area contributed by atoms with Crippen LogP contribution in [0.3, 0.4) is 0 Å². The lowest BCUT2D eigenvalue weighted by atomic mass is 10.1. The van der Waals surface area contributed by atoms with Gasteiger partial charge in [-0.3, -0.25) is 0 Å². The van der Waals surface area contributed by atoms with Gasteiger partial charge in [0.05, 0.1) is 12.8 Å². The molecule has 2 N–H and O–H groups in total. The van der Waals surface area contributed by atoms with E-state index < -0.39 is 0 Å². The Balaban J connectivity index is 1.74. The van der Waals surface area contributed by atoms with Gasteiger partial charge in [0.25, 0.3) is 0 Å². The molecule has 5 heteroatoms. The van der Waals surface area contributed by atoms with Crippen molar-refractivity contribution < 1.29 is 4.74 Å². The maximum atomic E-state index is 5.93. The average Bonchev–Trinajstić information content (AvgIpc) is 2.56. The third-order valence-corrected chi connectivity index (χ3v) is 3.90. The number of hydrogen-bond acceptors (Lipinski definition) is 5. The molecule has 0 unspecified atom stereocenters. The van der Waals surface area contributed by atoms with E-state index in [2.05, 4.69) is 15.1 Å². The number of nitrogens with two attached hydrogens (primary N) is 1. The zero-order valence-corrected chi connectivity index (χ0v) is 12.2. The molecule has 5 nitrogen and oxygen atoms in total. The Hall–Kier alpha value is -2.14. The fraction of sp³-hybridized carbons (Fsp3) is 0.375. The first-order chi connectivity index (χ1) is 10.3. The van der Waals surface area contributed by atoms with Crippen molar-refractivity contribution in [2.24, 2.45) is 5.73 Å². The quantitative estimate of drug-likeness (QED) is 0.935. The van der Waals surface area contributed by atoms with Crippen molar-refractivity contribution in [1.82, 2.24) is 10.2 Å². The predicted octanol–water partition coefficient (Wildman–Crippen LogP) is 2.08. The maximum Gasteiger partial charge on any atom is 0.151 e. The summed E-state index contributed by atoms with van der Waals surface area (Å²) in [4.78, 5) is 2.24. The summed E-state index contributed by atoms with van der Waals surface area (Å²) >= 11 is 0. The van der Waals surface area contributed by atoms with Crippen LogP contribution in [0.25, 0.3) is 11.3 Å². The van der Waals surface area contributed by atoms with Gasteiger partial charge >= 0.3 is 0 Å². The van der Waals surface area contributed by atoms with Gasteiger partial charge in [-0.25, -0.2) is 0 Å². The third kappa shape index (κ3) is 3.13. The molecular weight excluding hydrogens is 264 g/mol. The maximum absolute atomic E-state index is 5.93.